The van der Waals surface area contributed by atoms with Crippen LogP contribution in [0.25, 0.3) is 0 Å². The Morgan fingerprint density at radius 1 is 1.36 bits per heavy atom. The van der Waals surface area contributed by atoms with Crippen molar-refractivity contribution in [2.75, 3.05) is 7.11 Å². The molecule has 0 bridgehead atoms. The lowest BCUT2D eigenvalue weighted by Gasteiger charge is -2.22. The molecule has 1 atom stereocenters. The fraction of sp³-hybridized carbons (Fsp3) is 0.500. The summed E-state index contributed by atoms with van der Waals surface area (Å²) in [5, 5.41) is 0. The molecular weight excluding hydrogens is 176 g/mol. The number of hydrogen-bond acceptors (Lipinski definition) is 2. The van der Waals surface area contributed by atoms with Crippen LogP contribution in [0.3, 0.4) is 0 Å². The fourth-order valence-corrected chi connectivity index (χ4v) is 1.83. The van der Waals surface area contributed by atoms with E-state index in [0.29, 0.717) is 5.92 Å². The minimum Gasteiger partial charge on any atom is -0.497 e. The van der Waals surface area contributed by atoms with Crippen molar-refractivity contribution in [3.05, 3.63) is 23.8 Å². The standard InChI is InChI=1S/C12H16O2/c1-8-10-7-9(13-4)5-6-11(10)14-12(8,2)3/h5-8H,1-4H3/t8-/m1/s1. The molecule has 14 heavy (non-hydrogen) atoms. The van der Waals surface area contributed by atoms with E-state index >= 15 is 0 Å². The van der Waals surface area contributed by atoms with E-state index in [0.717, 1.165) is 11.5 Å². The Labute approximate surface area is 84.8 Å². The maximum atomic E-state index is 5.85. The topological polar surface area (TPSA) is 18.5 Å². The summed E-state index contributed by atoms with van der Waals surface area (Å²) in [7, 11) is 1.69. The summed E-state index contributed by atoms with van der Waals surface area (Å²) in [6, 6.07) is 5.99. The summed E-state index contributed by atoms with van der Waals surface area (Å²) < 4.78 is 11.1. The van der Waals surface area contributed by atoms with Crippen molar-refractivity contribution in [3.63, 3.8) is 0 Å². The van der Waals surface area contributed by atoms with E-state index in [1.54, 1.807) is 7.11 Å². The highest BCUT2D eigenvalue weighted by atomic mass is 16.5. The van der Waals surface area contributed by atoms with Crippen LogP contribution in [0, 0.1) is 0 Å². The molecule has 0 fully saturated rings. The largest absolute Gasteiger partial charge is 0.497 e. The van der Waals surface area contributed by atoms with Gasteiger partial charge in [0.15, 0.2) is 0 Å². The minimum atomic E-state index is -0.102. The Morgan fingerprint density at radius 3 is 2.71 bits per heavy atom. The van der Waals surface area contributed by atoms with Gasteiger partial charge in [-0.3, -0.25) is 0 Å². The normalized spacial score (nSPS) is 22.7. The molecule has 2 rings (SSSR count). The second-order valence-corrected chi connectivity index (χ2v) is 4.33. The third kappa shape index (κ3) is 1.26. The van der Waals surface area contributed by atoms with Gasteiger partial charge in [-0.15, -0.1) is 0 Å². The molecule has 76 valence electrons. The summed E-state index contributed by atoms with van der Waals surface area (Å²) in [6.45, 7) is 6.42. The molecule has 1 heterocycles. The lowest BCUT2D eigenvalue weighted by Crippen LogP contribution is -2.28. The van der Waals surface area contributed by atoms with E-state index < -0.39 is 0 Å². The highest BCUT2D eigenvalue weighted by Gasteiger charge is 2.37. The first-order valence-electron chi connectivity index (χ1n) is 4.91. The molecule has 1 aromatic carbocycles. The molecule has 0 amide bonds. The third-order valence-corrected chi connectivity index (χ3v) is 3.10. The van der Waals surface area contributed by atoms with E-state index in [1.165, 1.54) is 5.56 Å². The summed E-state index contributed by atoms with van der Waals surface area (Å²) in [5.74, 6) is 2.30. The van der Waals surface area contributed by atoms with Gasteiger partial charge in [-0.1, -0.05) is 6.92 Å². The molecule has 0 spiro atoms. The summed E-state index contributed by atoms with van der Waals surface area (Å²) in [4.78, 5) is 0. The predicted molar refractivity (Wildman–Crippen MR) is 56.1 cm³/mol. The van der Waals surface area contributed by atoms with E-state index in [-0.39, 0.29) is 5.60 Å². The molecule has 2 nitrogen and oxygen atoms in total. The van der Waals surface area contributed by atoms with E-state index in [1.807, 2.05) is 12.1 Å². The smallest absolute Gasteiger partial charge is 0.124 e. The molecular formula is C12H16O2. The molecule has 0 N–H and O–H groups in total. The summed E-state index contributed by atoms with van der Waals surface area (Å²) >= 11 is 0. The van der Waals surface area contributed by atoms with Crippen molar-refractivity contribution < 1.29 is 9.47 Å². The van der Waals surface area contributed by atoms with Crippen molar-refractivity contribution in [1.82, 2.24) is 0 Å². The number of ether oxygens (including phenoxy) is 2. The first-order valence-corrected chi connectivity index (χ1v) is 4.91. The Kier molecular flexibility index (Phi) is 1.95. The van der Waals surface area contributed by atoms with Crippen LogP contribution in [-0.4, -0.2) is 12.7 Å². The minimum absolute atomic E-state index is 0.102. The second-order valence-electron chi connectivity index (χ2n) is 4.33. The van der Waals surface area contributed by atoms with Crippen LogP contribution in [0.4, 0.5) is 0 Å². The first kappa shape index (κ1) is 9.38. The average molecular weight is 192 g/mol. The van der Waals surface area contributed by atoms with Gasteiger partial charge in [-0.05, 0) is 32.0 Å². The molecule has 0 aliphatic carbocycles. The SMILES string of the molecule is COc1ccc2c(c1)[C@@H](C)C(C)(C)O2. The van der Waals surface area contributed by atoms with Gasteiger partial charge in [0.25, 0.3) is 0 Å². The first-order chi connectivity index (χ1) is 6.54. The number of fused-ring (bicyclic) bond motifs is 1. The average Bonchev–Trinajstić information content (AvgIpc) is 2.38. The molecule has 0 saturated heterocycles. The van der Waals surface area contributed by atoms with Crippen LogP contribution in [0.1, 0.15) is 32.3 Å². The second kappa shape index (κ2) is 2.91. The summed E-state index contributed by atoms with van der Waals surface area (Å²) in [5.41, 5.74) is 1.14. The predicted octanol–water partition coefficient (Wildman–Crippen LogP) is 2.97. The zero-order valence-electron chi connectivity index (χ0n) is 9.13. The number of hydrogen-bond donors (Lipinski definition) is 0. The third-order valence-electron chi connectivity index (χ3n) is 3.10. The van der Waals surface area contributed by atoms with Crippen molar-refractivity contribution in [2.45, 2.75) is 32.3 Å². The lowest BCUT2D eigenvalue weighted by atomic mass is 9.89. The van der Waals surface area contributed by atoms with Crippen molar-refractivity contribution in [2.24, 2.45) is 0 Å². The van der Waals surface area contributed by atoms with E-state index in [4.69, 9.17) is 9.47 Å². The molecule has 0 unspecified atom stereocenters. The highest BCUT2D eigenvalue weighted by Crippen LogP contribution is 2.45. The summed E-state index contributed by atoms with van der Waals surface area (Å²) in [6.07, 6.45) is 0. The van der Waals surface area contributed by atoms with Gasteiger partial charge >= 0.3 is 0 Å². The quantitative estimate of drug-likeness (QED) is 0.681. The van der Waals surface area contributed by atoms with Gasteiger partial charge in [0, 0.05) is 11.5 Å². The Hall–Kier alpha value is -1.18. The fourth-order valence-electron chi connectivity index (χ4n) is 1.83. The molecule has 0 radical (unpaired) electrons. The lowest BCUT2D eigenvalue weighted by molar-refractivity contribution is 0.116. The van der Waals surface area contributed by atoms with Gasteiger partial charge in [0.1, 0.15) is 17.1 Å². The van der Waals surface area contributed by atoms with Gasteiger partial charge in [0.2, 0.25) is 0 Å². The van der Waals surface area contributed by atoms with Gasteiger partial charge < -0.3 is 9.47 Å². The molecule has 0 aromatic heterocycles. The Balaban J connectivity index is 2.45. The van der Waals surface area contributed by atoms with Crippen molar-refractivity contribution in [1.29, 1.82) is 0 Å². The zero-order chi connectivity index (χ0) is 10.3. The van der Waals surface area contributed by atoms with Gasteiger partial charge in [-0.25, -0.2) is 0 Å². The highest BCUT2D eigenvalue weighted by molar-refractivity contribution is 5.46. The van der Waals surface area contributed by atoms with Crippen LogP contribution in [0.5, 0.6) is 11.5 Å². The molecule has 1 aliphatic rings. The van der Waals surface area contributed by atoms with Gasteiger partial charge in [-0.2, -0.15) is 0 Å². The molecule has 0 saturated carbocycles. The van der Waals surface area contributed by atoms with Crippen LogP contribution >= 0.6 is 0 Å². The molecule has 1 aromatic rings. The maximum absolute atomic E-state index is 5.85. The molecule has 2 heteroatoms. The maximum Gasteiger partial charge on any atom is 0.124 e. The van der Waals surface area contributed by atoms with Crippen LogP contribution < -0.4 is 9.47 Å². The number of benzene rings is 1. The van der Waals surface area contributed by atoms with Crippen LogP contribution in [-0.2, 0) is 0 Å². The van der Waals surface area contributed by atoms with Crippen LogP contribution in [0.2, 0.25) is 0 Å². The van der Waals surface area contributed by atoms with E-state index in [9.17, 15) is 0 Å². The Morgan fingerprint density at radius 2 is 2.07 bits per heavy atom. The van der Waals surface area contributed by atoms with Crippen molar-refractivity contribution in [3.8, 4) is 11.5 Å². The molecule has 1 aliphatic heterocycles. The van der Waals surface area contributed by atoms with Crippen molar-refractivity contribution >= 4 is 0 Å². The number of methoxy groups -OCH3 is 1. The van der Waals surface area contributed by atoms with Gasteiger partial charge in [0.05, 0.1) is 7.11 Å². The number of rotatable bonds is 1. The van der Waals surface area contributed by atoms with Crippen LogP contribution in [0.15, 0.2) is 18.2 Å². The van der Waals surface area contributed by atoms with E-state index in [2.05, 4.69) is 26.8 Å². The monoisotopic (exact) mass is 192 g/mol. The zero-order valence-corrected chi connectivity index (χ0v) is 9.13. The Bertz CT molecular complexity index is 355.